The highest BCUT2D eigenvalue weighted by Gasteiger charge is 2.37. The molecule has 5 rings (SSSR count). The van der Waals surface area contributed by atoms with Crippen LogP contribution >= 0.6 is 11.6 Å². The van der Waals surface area contributed by atoms with E-state index in [9.17, 15) is 31.1 Å². The first-order chi connectivity index (χ1) is 19.4. The van der Waals surface area contributed by atoms with Crippen molar-refractivity contribution in [3.05, 3.63) is 135 Å². The molecule has 1 aliphatic rings. The second-order valence-electron chi connectivity index (χ2n) is 9.04. The smallest absolute Gasteiger partial charge is 0.300 e. The topological polar surface area (TPSA) is 57.3 Å². The van der Waals surface area contributed by atoms with Gasteiger partial charge in [-0.15, -0.1) is 5.53 Å². The molecule has 12 heteroatoms. The molecule has 0 saturated heterocycles. The molecule has 210 valence electrons. The van der Waals surface area contributed by atoms with E-state index < -0.39 is 35.8 Å². The Bertz CT molecular complexity index is 1600. The van der Waals surface area contributed by atoms with Gasteiger partial charge in [0.15, 0.2) is 5.78 Å². The van der Waals surface area contributed by atoms with Crippen molar-refractivity contribution in [3.63, 3.8) is 0 Å². The van der Waals surface area contributed by atoms with E-state index >= 15 is 0 Å². The maximum Gasteiger partial charge on any atom is 0.416 e. The van der Waals surface area contributed by atoms with Crippen LogP contribution in [-0.4, -0.2) is 15.8 Å². The third-order valence-corrected chi connectivity index (χ3v) is 6.60. The lowest BCUT2D eigenvalue weighted by molar-refractivity contribution is -0.143. The minimum absolute atomic E-state index is 0.0824. The van der Waals surface area contributed by atoms with Gasteiger partial charge in [0.25, 0.3) is 0 Å². The lowest BCUT2D eigenvalue weighted by atomic mass is 9.98. The van der Waals surface area contributed by atoms with Gasteiger partial charge in [0.05, 0.1) is 34.0 Å². The molecule has 5 nitrogen and oxygen atoms in total. The third kappa shape index (κ3) is 5.91. The first-order valence-electron chi connectivity index (χ1n) is 12.1. The minimum Gasteiger partial charge on any atom is -0.300 e. The number of halogens is 7. The molecule has 0 saturated carbocycles. The molecule has 0 spiro atoms. The zero-order valence-corrected chi connectivity index (χ0v) is 21.6. The molecule has 0 amide bonds. The number of rotatable bonds is 6. The van der Waals surface area contributed by atoms with E-state index in [2.05, 4.69) is 15.9 Å². The molecule has 2 N–H and O–H groups in total. The van der Waals surface area contributed by atoms with Crippen molar-refractivity contribution < 1.29 is 31.1 Å². The molecule has 3 aromatic carbocycles. The lowest BCUT2D eigenvalue weighted by Crippen LogP contribution is -2.37. The van der Waals surface area contributed by atoms with Crippen LogP contribution in [0.1, 0.15) is 43.9 Å². The summed E-state index contributed by atoms with van der Waals surface area (Å²) in [6.07, 6.45) is -8.52. The zero-order chi connectivity index (χ0) is 29.4. The summed E-state index contributed by atoms with van der Waals surface area (Å²) in [6, 6.07) is 19.6. The zero-order valence-electron chi connectivity index (χ0n) is 20.8. The van der Waals surface area contributed by atoms with Crippen LogP contribution in [0.15, 0.2) is 91.1 Å². The Kier molecular flexibility index (Phi) is 7.50. The number of nitrogens with one attached hydrogen (secondary N) is 2. The van der Waals surface area contributed by atoms with Crippen molar-refractivity contribution in [1.29, 1.82) is 0 Å². The maximum absolute atomic E-state index is 13.5. The van der Waals surface area contributed by atoms with Crippen LogP contribution in [0.25, 0.3) is 11.4 Å². The highest BCUT2D eigenvalue weighted by atomic mass is 35.5. The molecule has 1 aromatic heterocycles. The molecule has 2 heterocycles. The van der Waals surface area contributed by atoms with Crippen LogP contribution in [0.4, 0.5) is 26.3 Å². The van der Waals surface area contributed by atoms with E-state index in [1.807, 2.05) is 0 Å². The number of alkyl halides is 6. The predicted octanol–water partition coefficient (Wildman–Crippen LogP) is 7.35. The van der Waals surface area contributed by atoms with Crippen molar-refractivity contribution in [2.75, 3.05) is 0 Å². The van der Waals surface area contributed by atoms with Crippen LogP contribution in [0.2, 0.25) is 5.02 Å². The normalized spacial score (nSPS) is 13.9. The monoisotopic (exact) mass is 588 g/mol. The maximum atomic E-state index is 13.5. The molecule has 4 aromatic rings. The van der Waals surface area contributed by atoms with Gasteiger partial charge >= 0.3 is 12.4 Å². The standard InChI is InChI=1S/C29H19ClF6N4O/c30-23-11-5-4-9-21(23)27(41)22-10-6-12-37-24(22)25-26(18-7-2-1-3-8-18)40(39-38-25)16-17-13-19(28(31,32)33)15-20(14-17)29(34,35)36/h1-15,38-39H,16H2. The number of ketones is 1. The van der Waals surface area contributed by atoms with E-state index in [0.717, 1.165) is 0 Å². The van der Waals surface area contributed by atoms with Crippen LogP contribution in [0.3, 0.4) is 0 Å². The van der Waals surface area contributed by atoms with Crippen molar-refractivity contribution in [2.45, 2.75) is 18.9 Å². The van der Waals surface area contributed by atoms with Crippen LogP contribution in [-0.2, 0) is 18.9 Å². The number of hydrogen-bond donors (Lipinski definition) is 2. The largest absolute Gasteiger partial charge is 0.416 e. The summed E-state index contributed by atoms with van der Waals surface area (Å²) in [5.74, 6) is -0.424. The first-order valence-corrected chi connectivity index (χ1v) is 12.4. The van der Waals surface area contributed by atoms with E-state index in [0.29, 0.717) is 23.4 Å². The minimum atomic E-state index is -4.99. The summed E-state index contributed by atoms with van der Waals surface area (Å²) in [5, 5.41) is 1.59. The predicted molar refractivity (Wildman–Crippen MR) is 141 cm³/mol. The second kappa shape index (κ2) is 10.9. The van der Waals surface area contributed by atoms with Gasteiger partial charge in [-0.2, -0.15) is 26.3 Å². The molecule has 0 bridgehead atoms. The average molecular weight is 589 g/mol. The van der Waals surface area contributed by atoms with E-state index in [4.69, 9.17) is 11.6 Å². The summed E-state index contributed by atoms with van der Waals surface area (Å²) in [4.78, 5) is 17.9. The van der Waals surface area contributed by atoms with Crippen molar-refractivity contribution >= 4 is 28.8 Å². The summed E-state index contributed by atoms with van der Waals surface area (Å²) in [5.41, 5.74) is 4.44. The number of nitrogens with zero attached hydrogens (tertiary/aromatic N) is 2. The third-order valence-electron chi connectivity index (χ3n) is 6.27. The molecule has 0 atom stereocenters. The van der Waals surface area contributed by atoms with Gasteiger partial charge in [-0.3, -0.25) is 20.2 Å². The number of carbonyl (C=O) groups is 1. The van der Waals surface area contributed by atoms with Crippen molar-refractivity contribution in [2.24, 2.45) is 0 Å². The highest BCUT2D eigenvalue weighted by molar-refractivity contribution is 6.35. The van der Waals surface area contributed by atoms with Gasteiger partial charge in [-0.05, 0) is 48.0 Å². The lowest BCUT2D eigenvalue weighted by Gasteiger charge is -2.23. The van der Waals surface area contributed by atoms with Crippen LogP contribution in [0.5, 0.6) is 0 Å². The van der Waals surface area contributed by atoms with Gasteiger partial charge in [0.2, 0.25) is 0 Å². The fourth-order valence-electron chi connectivity index (χ4n) is 4.43. The number of carbonyl (C=O) groups excluding carboxylic acids is 1. The molecule has 0 aliphatic carbocycles. The summed E-state index contributed by atoms with van der Waals surface area (Å²) < 4.78 is 81.0. The summed E-state index contributed by atoms with van der Waals surface area (Å²) >= 11 is 6.26. The fraction of sp³-hybridized carbons (Fsp3) is 0.103. The Hall–Kier alpha value is -4.35. The van der Waals surface area contributed by atoms with E-state index in [1.54, 1.807) is 66.7 Å². The summed E-state index contributed by atoms with van der Waals surface area (Å²) in [6.45, 7) is -0.394. The van der Waals surface area contributed by atoms with Gasteiger partial charge in [-0.1, -0.05) is 54.1 Å². The van der Waals surface area contributed by atoms with E-state index in [1.165, 1.54) is 11.2 Å². The second-order valence-corrected chi connectivity index (χ2v) is 9.44. The van der Waals surface area contributed by atoms with Crippen LogP contribution < -0.4 is 11.0 Å². The highest BCUT2D eigenvalue weighted by Crippen LogP contribution is 2.38. The number of hydrazine groups is 2. The molecule has 0 fully saturated rings. The van der Waals surface area contributed by atoms with Crippen molar-refractivity contribution in [1.82, 2.24) is 21.0 Å². The Morgan fingerprint density at radius 2 is 1.41 bits per heavy atom. The van der Waals surface area contributed by atoms with Gasteiger partial charge in [-0.25, -0.2) is 0 Å². The number of aromatic nitrogens is 1. The number of benzene rings is 3. The molecule has 41 heavy (non-hydrogen) atoms. The van der Waals surface area contributed by atoms with Crippen molar-refractivity contribution in [3.8, 4) is 0 Å². The molecular formula is C29H19ClF6N4O. The molecule has 1 aliphatic heterocycles. The molecular weight excluding hydrogens is 570 g/mol. The Morgan fingerprint density at radius 3 is 2.05 bits per heavy atom. The van der Waals surface area contributed by atoms with E-state index in [-0.39, 0.29) is 39.2 Å². The summed E-state index contributed by atoms with van der Waals surface area (Å²) in [7, 11) is 0. The average Bonchev–Trinajstić information content (AvgIpc) is 3.35. The fourth-order valence-corrected chi connectivity index (χ4v) is 4.65. The molecule has 0 radical (unpaired) electrons. The number of hydrogen-bond acceptors (Lipinski definition) is 5. The van der Waals surface area contributed by atoms with Gasteiger partial charge < -0.3 is 0 Å². The quantitative estimate of drug-likeness (QED) is 0.182. The Balaban J connectivity index is 1.63. The SMILES string of the molecule is O=C(c1ccccc1Cl)c1cccnc1C1=C(c2ccccc2)N(Cc2cc(C(F)(F)F)cc(C(F)(F)F)c2)NN1. The van der Waals surface area contributed by atoms with Gasteiger partial charge in [0.1, 0.15) is 11.4 Å². The number of pyridine rings is 1. The van der Waals surface area contributed by atoms with Crippen LogP contribution in [0, 0.1) is 0 Å². The first kappa shape index (κ1) is 28.2. The Labute approximate surface area is 235 Å². The molecule has 0 unspecified atom stereocenters. The van der Waals surface area contributed by atoms with Gasteiger partial charge in [0, 0.05) is 17.3 Å². The Morgan fingerprint density at radius 1 is 0.805 bits per heavy atom.